The Morgan fingerprint density at radius 2 is 2.19 bits per heavy atom. The summed E-state index contributed by atoms with van der Waals surface area (Å²) >= 11 is 0. The van der Waals surface area contributed by atoms with Crippen molar-refractivity contribution in [2.75, 3.05) is 12.3 Å². The summed E-state index contributed by atoms with van der Waals surface area (Å²) in [5.74, 6) is 0.300. The smallest absolute Gasteiger partial charge is 0.165 e. The van der Waals surface area contributed by atoms with Gasteiger partial charge in [0.2, 0.25) is 0 Å². The molecule has 2 aromatic rings. The van der Waals surface area contributed by atoms with Crippen LogP contribution in [0.4, 0.5) is 5.82 Å². The zero-order chi connectivity index (χ0) is 11.7. The number of nitrogen functional groups attached to an aromatic ring is 1. The monoisotopic (exact) mass is 223 g/mol. The van der Waals surface area contributed by atoms with Gasteiger partial charge in [-0.1, -0.05) is 0 Å². The average molecular weight is 223 g/mol. The molecular weight excluding hydrogens is 210 g/mol. The van der Waals surface area contributed by atoms with Gasteiger partial charge in [-0.15, -0.1) is 0 Å². The van der Waals surface area contributed by atoms with Gasteiger partial charge < -0.3 is 20.5 Å². The molecule has 86 valence electrons. The maximum absolute atomic E-state index is 9.55. The van der Waals surface area contributed by atoms with Crippen LogP contribution in [0.2, 0.25) is 0 Å². The standard InChI is InChI=1S/C9H13N5O2/c1-5(6(16)2-15)14-4-13-7-8(10)11-3-12-9(7)14/h3-6,15-16H,2H2,1H3,(H2,10,11,12). The molecule has 2 rings (SSSR count). The Bertz CT molecular complexity index is 498. The highest BCUT2D eigenvalue weighted by Gasteiger charge is 2.18. The molecule has 2 unspecified atom stereocenters. The molecule has 0 aliphatic heterocycles. The van der Waals surface area contributed by atoms with Crippen molar-refractivity contribution >= 4 is 17.0 Å². The SMILES string of the molecule is CC(C(O)CO)n1cnc2c(N)ncnc21. The van der Waals surface area contributed by atoms with Crippen LogP contribution in [0.3, 0.4) is 0 Å². The summed E-state index contributed by atoms with van der Waals surface area (Å²) < 4.78 is 1.66. The number of aliphatic hydroxyl groups excluding tert-OH is 2. The molecule has 2 heterocycles. The minimum atomic E-state index is -0.867. The van der Waals surface area contributed by atoms with Crippen LogP contribution >= 0.6 is 0 Å². The molecular formula is C9H13N5O2. The van der Waals surface area contributed by atoms with Crippen LogP contribution in [0.5, 0.6) is 0 Å². The van der Waals surface area contributed by atoms with Gasteiger partial charge in [-0.3, -0.25) is 0 Å². The molecule has 16 heavy (non-hydrogen) atoms. The van der Waals surface area contributed by atoms with E-state index in [0.29, 0.717) is 17.0 Å². The van der Waals surface area contributed by atoms with Crippen molar-refractivity contribution in [1.29, 1.82) is 0 Å². The van der Waals surface area contributed by atoms with Gasteiger partial charge in [-0.25, -0.2) is 15.0 Å². The molecule has 0 radical (unpaired) electrons. The van der Waals surface area contributed by atoms with E-state index in [0.717, 1.165) is 0 Å². The number of anilines is 1. The number of nitrogens with two attached hydrogens (primary N) is 1. The van der Waals surface area contributed by atoms with Gasteiger partial charge in [0.05, 0.1) is 25.1 Å². The summed E-state index contributed by atoms with van der Waals surface area (Å²) in [5.41, 5.74) is 6.69. The summed E-state index contributed by atoms with van der Waals surface area (Å²) in [4.78, 5) is 12.0. The lowest BCUT2D eigenvalue weighted by atomic mass is 10.2. The van der Waals surface area contributed by atoms with E-state index in [2.05, 4.69) is 15.0 Å². The van der Waals surface area contributed by atoms with Crippen LogP contribution in [0.15, 0.2) is 12.7 Å². The lowest BCUT2D eigenvalue weighted by Gasteiger charge is -2.18. The molecule has 0 aliphatic rings. The highest BCUT2D eigenvalue weighted by molar-refractivity contribution is 5.81. The fourth-order valence-corrected chi connectivity index (χ4v) is 1.51. The van der Waals surface area contributed by atoms with E-state index in [4.69, 9.17) is 10.8 Å². The molecule has 0 saturated heterocycles. The van der Waals surface area contributed by atoms with Gasteiger partial charge in [-0.05, 0) is 6.92 Å². The van der Waals surface area contributed by atoms with Crippen LogP contribution < -0.4 is 5.73 Å². The van der Waals surface area contributed by atoms with Crippen molar-refractivity contribution < 1.29 is 10.2 Å². The minimum Gasteiger partial charge on any atom is -0.394 e. The molecule has 4 N–H and O–H groups in total. The first-order valence-electron chi connectivity index (χ1n) is 4.87. The van der Waals surface area contributed by atoms with Gasteiger partial charge in [0.1, 0.15) is 11.8 Å². The first kappa shape index (κ1) is 10.8. The van der Waals surface area contributed by atoms with E-state index in [1.54, 1.807) is 11.5 Å². The van der Waals surface area contributed by atoms with Crippen LogP contribution in [0, 0.1) is 0 Å². The number of rotatable bonds is 3. The summed E-state index contributed by atoms with van der Waals surface area (Å²) in [6.07, 6.45) is 2.00. The van der Waals surface area contributed by atoms with E-state index in [9.17, 15) is 5.11 Å². The van der Waals surface area contributed by atoms with Crippen molar-refractivity contribution in [1.82, 2.24) is 19.5 Å². The fraction of sp³-hybridized carbons (Fsp3) is 0.444. The van der Waals surface area contributed by atoms with Crippen LogP contribution in [0.1, 0.15) is 13.0 Å². The highest BCUT2D eigenvalue weighted by Crippen LogP contribution is 2.20. The highest BCUT2D eigenvalue weighted by atomic mass is 16.3. The number of hydrogen-bond donors (Lipinski definition) is 3. The predicted octanol–water partition coefficient (Wildman–Crippen LogP) is -0.677. The average Bonchev–Trinajstić information content (AvgIpc) is 2.72. The molecule has 2 atom stereocenters. The van der Waals surface area contributed by atoms with Crippen molar-refractivity contribution in [2.24, 2.45) is 0 Å². The summed E-state index contributed by atoms with van der Waals surface area (Å²) in [5, 5.41) is 18.4. The molecule has 0 bridgehead atoms. The molecule has 7 nitrogen and oxygen atoms in total. The molecule has 7 heteroatoms. The fourth-order valence-electron chi connectivity index (χ4n) is 1.51. The van der Waals surface area contributed by atoms with Crippen molar-refractivity contribution in [3.63, 3.8) is 0 Å². The Morgan fingerprint density at radius 1 is 1.44 bits per heavy atom. The molecule has 0 aromatic carbocycles. The largest absolute Gasteiger partial charge is 0.394 e. The van der Waals surface area contributed by atoms with Gasteiger partial charge in [0.15, 0.2) is 11.5 Å². The normalized spacial score (nSPS) is 15.2. The maximum Gasteiger partial charge on any atom is 0.165 e. The lowest BCUT2D eigenvalue weighted by molar-refractivity contribution is 0.0585. The number of fused-ring (bicyclic) bond motifs is 1. The van der Waals surface area contributed by atoms with E-state index in [1.165, 1.54) is 12.7 Å². The quantitative estimate of drug-likeness (QED) is 0.636. The van der Waals surface area contributed by atoms with Crippen LogP contribution in [0.25, 0.3) is 11.2 Å². The molecule has 0 fully saturated rings. The number of aliphatic hydroxyl groups is 2. The third-order valence-electron chi connectivity index (χ3n) is 2.57. The molecule has 2 aromatic heterocycles. The van der Waals surface area contributed by atoms with Crippen LogP contribution in [-0.2, 0) is 0 Å². The first-order valence-corrected chi connectivity index (χ1v) is 4.87. The van der Waals surface area contributed by atoms with Crippen molar-refractivity contribution in [2.45, 2.75) is 19.1 Å². The van der Waals surface area contributed by atoms with E-state index >= 15 is 0 Å². The second kappa shape index (κ2) is 4.03. The van der Waals surface area contributed by atoms with E-state index in [-0.39, 0.29) is 12.6 Å². The second-order valence-corrected chi connectivity index (χ2v) is 3.57. The Morgan fingerprint density at radius 3 is 2.88 bits per heavy atom. The third kappa shape index (κ3) is 1.59. The summed E-state index contributed by atoms with van der Waals surface area (Å²) in [6.45, 7) is 1.45. The zero-order valence-corrected chi connectivity index (χ0v) is 8.78. The number of aromatic nitrogens is 4. The van der Waals surface area contributed by atoms with Gasteiger partial charge in [0, 0.05) is 0 Å². The lowest BCUT2D eigenvalue weighted by Crippen LogP contribution is -2.24. The number of hydrogen-bond acceptors (Lipinski definition) is 6. The number of nitrogens with zero attached hydrogens (tertiary/aromatic N) is 4. The topological polar surface area (TPSA) is 110 Å². The Balaban J connectivity index is 2.50. The predicted molar refractivity (Wildman–Crippen MR) is 57.5 cm³/mol. The maximum atomic E-state index is 9.55. The summed E-state index contributed by atoms with van der Waals surface area (Å²) in [6, 6.07) is -0.329. The Hall–Kier alpha value is -1.73. The van der Waals surface area contributed by atoms with E-state index < -0.39 is 6.10 Å². The zero-order valence-electron chi connectivity index (χ0n) is 8.78. The second-order valence-electron chi connectivity index (χ2n) is 3.57. The Kier molecular flexibility index (Phi) is 2.71. The minimum absolute atomic E-state index is 0.300. The Labute approximate surface area is 91.6 Å². The first-order chi connectivity index (χ1) is 7.65. The van der Waals surface area contributed by atoms with Gasteiger partial charge in [-0.2, -0.15) is 0 Å². The number of imidazole rings is 1. The molecule has 0 aliphatic carbocycles. The molecule has 0 amide bonds. The third-order valence-corrected chi connectivity index (χ3v) is 2.57. The van der Waals surface area contributed by atoms with Crippen molar-refractivity contribution in [3.8, 4) is 0 Å². The van der Waals surface area contributed by atoms with Crippen LogP contribution in [-0.4, -0.2) is 42.4 Å². The summed E-state index contributed by atoms with van der Waals surface area (Å²) in [7, 11) is 0. The van der Waals surface area contributed by atoms with E-state index in [1.807, 2.05) is 0 Å². The molecule has 0 saturated carbocycles. The van der Waals surface area contributed by atoms with Gasteiger partial charge >= 0.3 is 0 Å². The van der Waals surface area contributed by atoms with Gasteiger partial charge in [0.25, 0.3) is 0 Å². The van der Waals surface area contributed by atoms with Crippen molar-refractivity contribution in [3.05, 3.63) is 12.7 Å². The molecule has 0 spiro atoms.